The van der Waals surface area contributed by atoms with E-state index in [-0.39, 0.29) is 5.92 Å². The molecule has 1 aliphatic heterocycles. The van der Waals surface area contributed by atoms with Crippen molar-refractivity contribution in [3.63, 3.8) is 0 Å². The van der Waals surface area contributed by atoms with E-state index in [1.54, 1.807) is 15.2 Å². The summed E-state index contributed by atoms with van der Waals surface area (Å²) in [4.78, 5) is 11.4. The molecule has 0 bridgehead atoms. The van der Waals surface area contributed by atoms with Crippen LogP contribution in [-0.2, 0) is 12.6 Å². The van der Waals surface area contributed by atoms with Gasteiger partial charge in [0.05, 0.1) is 11.3 Å². The highest BCUT2D eigenvalue weighted by atomic mass is 127. The van der Waals surface area contributed by atoms with E-state index in [1.165, 1.54) is 12.1 Å². The Morgan fingerprint density at radius 1 is 1.21 bits per heavy atom. The number of fused-ring (bicyclic) bond motifs is 1. The molecular weight excluding hydrogens is 450 g/mol. The third-order valence-electron chi connectivity index (χ3n) is 4.15. The van der Waals surface area contributed by atoms with Crippen molar-refractivity contribution in [3.8, 4) is 0 Å². The zero-order valence-electron chi connectivity index (χ0n) is 12.4. The van der Waals surface area contributed by atoms with Gasteiger partial charge in [0.1, 0.15) is 6.29 Å². The molecule has 2 aromatic carbocycles. The summed E-state index contributed by atoms with van der Waals surface area (Å²) in [6.45, 7) is 0.731. The molecule has 0 radical (unpaired) electrons. The molecule has 0 aromatic heterocycles. The van der Waals surface area contributed by atoms with Gasteiger partial charge in [0.15, 0.2) is 0 Å². The molecule has 7 heteroatoms. The van der Waals surface area contributed by atoms with Gasteiger partial charge in [-0.05, 0) is 35.7 Å². The lowest BCUT2D eigenvalue weighted by Gasteiger charge is -2.14. The zero-order valence-corrected chi connectivity index (χ0v) is 15.4. The van der Waals surface area contributed by atoms with E-state index in [0.29, 0.717) is 12.0 Å². The summed E-state index contributed by atoms with van der Waals surface area (Å²) in [7, 11) is 1.55. The van der Waals surface area contributed by atoms with Crippen LogP contribution in [0.1, 0.15) is 33.0 Å². The Bertz CT molecular complexity index is 748. The second-order valence-electron chi connectivity index (χ2n) is 5.62. The molecule has 0 spiro atoms. The van der Waals surface area contributed by atoms with Gasteiger partial charge < -0.3 is 4.31 Å². The first-order chi connectivity index (χ1) is 11.4. The molecular formula is C17H13F3INOS. The maximum atomic E-state index is 12.7. The topological polar surface area (TPSA) is 20.3 Å². The summed E-state index contributed by atoms with van der Waals surface area (Å²) in [6, 6.07) is 10.9. The molecule has 1 heterocycles. The molecule has 1 aliphatic rings. The number of anilines is 1. The number of alkyl halides is 3. The second kappa shape index (κ2) is 6.95. The number of hydrogen-bond donors (Lipinski definition) is 0. The fraction of sp³-hybridized carbons (Fsp3) is 0.235. The average molecular weight is 463 g/mol. The zero-order chi connectivity index (χ0) is 17.3. The molecule has 0 aliphatic carbocycles. The molecule has 126 valence electrons. The lowest BCUT2D eigenvalue weighted by molar-refractivity contribution is -0.137. The predicted octanol–water partition coefficient (Wildman–Crippen LogP) is 5.66. The second-order valence-corrected chi connectivity index (χ2v) is 7.38. The highest BCUT2D eigenvalue weighted by Gasteiger charge is 2.32. The minimum absolute atomic E-state index is 0.0837. The van der Waals surface area contributed by atoms with Gasteiger partial charge in [0.25, 0.3) is 0 Å². The maximum absolute atomic E-state index is 12.7. The molecule has 2 nitrogen and oxygen atoms in total. The highest BCUT2D eigenvalue weighted by molar-refractivity contribution is 14.2. The van der Waals surface area contributed by atoms with Crippen molar-refractivity contribution in [3.05, 3.63) is 64.7 Å². The largest absolute Gasteiger partial charge is 0.416 e. The number of carbonyl (C=O) groups excluding carboxylic acids is 1. The summed E-state index contributed by atoms with van der Waals surface area (Å²) in [6.07, 6.45) is -2.87. The smallest absolute Gasteiger partial charge is 0.307 e. The average Bonchev–Trinajstić information content (AvgIpc) is 2.92. The van der Waals surface area contributed by atoms with Crippen LogP contribution in [0.2, 0.25) is 0 Å². The van der Waals surface area contributed by atoms with Gasteiger partial charge in [0, 0.05) is 48.4 Å². The van der Waals surface area contributed by atoms with Gasteiger partial charge in [-0.2, -0.15) is 13.2 Å². The number of rotatable bonds is 4. The molecule has 0 saturated heterocycles. The Morgan fingerprint density at radius 2 is 1.92 bits per heavy atom. The normalized spacial score (nSPS) is 17.0. The summed E-state index contributed by atoms with van der Waals surface area (Å²) in [5, 5.41) is 0. The van der Waals surface area contributed by atoms with Crippen molar-refractivity contribution in [2.45, 2.75) is 18.5 Å². The minimum Gasteiger partial charge on any atom is -0.307 e. The van der Waals surface area contributed by atoms with Crippen molar-refractivity contribution < 1.29 is 18.0 Å². The summed E-state index contributed by atoms with van der Waals surface area (Å²) in [5.74, 6) is 0.0837. The fourth-order valence-electron chi connectivity index (χ4n) is 3.07. The highest BCUT2D eigenvalue weighted by Crippen LogP contribution is 2.44. The molecule has 0 saturated carbocycles. The molecule has 1 atom stereocenters. The quantitative estimate of drug-likeness (QED) is 0.332. The van der Waals surface area contributed by atoms with Crippen molar-refractivity contribution >= 4 is 42.3 Å². The monoisotopic (exact) mass is 463 g/mol. The van der Waals surface area contributed by atoms with E-state index < -0.39 is 11.7 Å². The molecule has 0 fully saturated rings. The van der Waals surface area contributed by atoms with E-state index in [4.69, 9.17) is 0 Å². The van der Waals surface area contributed by atoms with E-state index in [0.717, 1.165) is 41.8 Å². The van der Waals surface area contributed by atoms with E-state index in [1.807, 2.05) is 12.1 Å². The SMILES string of the molecule is O=Cc1cccc2c1[C@@H](Cc1ccc(C(F)(F)F)cc1)CN2SI. The van der Waals surface area contributed by atoms with Gasteiger partial charge in [-0.15, -0.1) is 0 Å². The Morgan fingerprint density at radius 3 is 2.50 bits per heavy atom. The van der Waals surface area contributed by atoms with Gasteiger partial charge in [-0.3, -0.25) is 4.79 Å². The molecule has 3 rings (SSSR count). The lowest BCUT2D eigenvalue weighted by atomic mass is 9.90. The number of aldehydes is 1. The number of nitrogens with zero attached hydrogens (tertiary/aromatic N) is 1. The molecule has 24 heavy (non-hydrogen) atoms. The van der Waals surface area contributed by atoms with Crippen LogP contribution in [0.5, 0.6) is 0 Å². The first-order valence-corrected chi connectivity index (χ1v) is 10.6. The van der Waals surface area contributed by atoms with Crippen LogP contribution >= 0.6 is 30.3 Å². The van der Waals surface area contributed by atoms with Gasteiger partial charge in [0.2, 0.25) is 0 Å². The predicted molar refractivity (Wildman–Crippen MR) is 98.7 cm³/mol. The van der Waals surface area contributed by atoms with Crippen LogP contribution in [0.25, 0.3) is 0 Å². The third-order valence-corrected chi connectivity index (χ3v) is 6.09. The van der Waals surface area contributed by atoms with Gasteiger partial charge in [-0.25, -0.2) is 0 Å². The molecule has 0 amide bonds. The van der Waals surface area contributed by atoms with E-state index >= 15 is 0 Å². The third kappa shape index (κ3) is 3.42. The Hall–Kier alpha value is -1.22. The maximum Gasteiger partial charge on any atom is 0.416 e. The first kappa shape index (κ1) is 17.6. The number of hydrogen-bond acceptors (Lipinski definition) is 3. The van der Waals surface area contributed by atoms with Crippen LogP contribution in [0.3, 0.4) is 0 Å². The Kier molecular flexibility index (Phi) is 5.10. The fourth-order valence-corrected chi connectivity index (χ4v) is 4.66. The summed E-state index contributed by atoms with van der Waals surface area (Å²) < 4.78 is 40.1. The van der Waals surface area contributed by atoms with E-state index in [2.05, 4.69) is 25.5 Å². The standard InChI is InChI=1S/C17H13F3INOS/c18-17(19,20)14-6-4-11(5-7-14)8-13-9-22(24-21)15-3-1-2-12(10-23)16(13)15/h1-7,10,13H,8-9H2/t13-/m0/s1. The Balaban J connectivity index is 1.88. The van der Waals surface area contributed by atoms with Crippen LogP contribution in [0.15, 0.2) is 42.5 Å². The van der Waals surface area contributed by atoms with Crippen LogP contribution in [0, 0.1) is 0 Å². The lowest BCUT2D eigenvalue weighted by Crippen LogP contribution is -2.13. The van der Waals surface area contributed by atoms with Gasteiger partial charge in [-0.1, -0.05) is 24.3 Å². The summed E-state index contributed by atoms with van der Waals surface area (Å²) >= 11 is 2.19. The minimum atomic E-state index is -4.32. The van der Waals surface area contributed by atoms with Crippen molar-refractivity contribution in [2.24, 2.45) is 0 Å². The molecule has 2 aromatic rings. The number of halogens is 4. The van der Waals surface area contributed by atoms with Crippen molar-refractivity contribution in [1.82, 2.24) is 0 Å². The number of benzene rings is 2. The van der Waals surface area contributed by atoms with Crippen molar-refractivity contribution in [1.29, 1.82) is 0 Å². The Labute approximate surface area is 154 Å². The first-order valence-electron chi connectivity index (χ1n) is 7.24. The van der Waals surface area contributed by atoms with Crippen LogP contribution in [-0.4, -0.2) is 12.8 Å². The van der Waals surface area contributed by atoms with Gasteiger partial charge >= 0.3 is 6.18 Å². The number of carbonyl (C=O) groups is 1. The van der Waals surface area contributed by atoms with Crippen molar-refractivity contribution in [2.75, 3.05) is 10.8 Å². The van der Waals surface area contributed by atoms with Crippen LogP contribution < -0.4 is 4.31 Å². The van der Waals surface area contributed by atoms with E-state index in [9.17, 15) is 18.0 Å². The molecule has 0 N–H and O–H groups in total. The summed E-state index contributed by atoms with van der Waals surface area (Å²) in [5.41, 5.74) is 2.83. The molecule has 0 unspecified atom stereocenters. The van der Waals surface area contributed by atoms with Crippen LogP contribution in [0.4, 0.5) is 18.9 Å².